The van der Waals surface area contributed by atoms with Gasteiger partial charge >= 0.3 is 0 Å². The summed E-state index contributed by atoms with van der Waals surface area (Å²) in [6, 6.07) is 1.35. The predicted octanol–water partition coefficient (Wildman–Crippen LogP) is 1.33. The summed E-state index contributed by atoms with van der Waals surface area (Å²) in [5, 5.41) is 5.65. The molecule has 2 atom stereocenters. The van der Waals surface area contributed by atoms with Gasteiger partial charge in [-0.15, -0.1) is 11.3 Å². The number of likely N-dealkylation sites (N-methyl/N-ethyl adjacent to an activating group) is 1. The van der Waals surface area contributed by atoms with Crippen molar-refractivity contribution in [2.45, 2.75) is 32.0 Å². The third-order valence-electron chi connectivity index (χ3n) is 2.94. The zero-order chi connectivity index (χ0) is 9.97. The Labute approximate surface area is 89.1 Å². The summed E-state index contributed by atoms with van der Waals surface area (Å²) in [5.41, 5.74) is 3.05. The molecule has 2 rings (SSSR count). The Morgan fingerprint density at radius 1 is 1.71 bits per heavy atom. The molecule has 78 valence electrons. The number of nitrogens with one attached hydrogen (secondary N) is 1. The number of hydrogen-bond acceptors (Lipinski definition) is 4. The van der Waals surface area contributed by atoms with Gasteiger partial charge in [-0.2, -0.15) is 0 Å². The Kier molecular flexibility index (Phi) is 3.15. The number of hydrogen-bond donors (Lipinski definition) is 1. The molecule has 14 heavy (non-hydrogen) atoms. The van der Waals surface area contributed by atoms with Crippen molar-refractivity contribution in [1.82, 2.24) is 15.2 Å². The van der Waals surface area contributed by atoms with Crippen LogP contribution in [0.5, 0.6) is 0 Å². The molecule has 3 nitrogen and oxygen atoms in total. The highest BCUT2D eigenvalue weighted by Crippen LogP contribution is 2.15. The highest BCUT2D eigenvalue weighted by Gasteiger charge is 2.25. The largest absolute Gasteiger partial charge is 0.307 e. The van der Waals surface area contributed by atoms with Crippen molar-refractivity contribution >= 4 is 11.3 Å². The molecule has 0 spiro atoms. The van der Waals surface area contributed by atoms with E-state index in [4.69, 9.17) is 0 Å². The highest BCUT2D eigenvalue weighted by atomic mass is 32.1. The predicted molar refractivity (Wildman–Crippen MR) is 59.5 cm³/mol. The fourth-order valence-electron chi connectivity index (χ4n) is 1.92. The Balaban J connectivity index is 1.77. The van der Waals surface area contributed by atoms with Crippen molar-refractivity contribution in [1.29, 1.82) is 0 Å². The van der Waals surface area contributed by atoms with Crippen LogP contribution in [-0.2, 0) is 6.54 Å². The minimum atomic E-state index is 0.636. The van der Waals surface area contributed by atoms with E-state index in [-0.39, 0.29) is 0 Å². The van der Waals surface area contributed by atoms with Gasteiger partial charge in [0.2, 0.25) is 0 Å². The van der Waals surface area contributed by atoms with Gasteiger partial charge < -0.3 is 10.2 Å². The molecule has 0 bridgehead atoms. The van der Waals surface area contributed by atoms with Crippen LogP contribution in [0.3, 0.4) is 0 Å². The van der Waals surface area contributed by atoms with Crippen molar-refractivity contribution in [3.63, 3.8) is 0 Å². The first-order chi connectivity index (χ1) is 6.75. The lowest BCUT2D eigenvalue weighted by molar-refractivity contribution is 0.326. The van der Waals surface area contributed by atoms with Crippen LogP contribution in [0, 0.1) is 0 Å². The number of nitrogens with zero attached hydrogens (tertiary/aromatic N) is 2. The first kappa shape index (κ1) is 10.1. The van der Waals surface area contributed by atoms with Crippen LogP contribution in [0.1, 0.15) is 19.0 Å². The fraction of sp³-hybridized carbons (Fsp3) is 0.700. The minimum Gasteiger partial charge on any atom is -0.307 e. The molecule has 0 aromatic carbocycles. The van der Waals surface area contributed by atoms with Gasteiger partial charge in [-0.25, -0.2) is 4.98 Å². The molecule has 1 aliphatic rings. The molecule has 1 saturated heterocycles. The fourth-order valence-corrected chi connectivity index (χ4v) is 2.47. The standard InChI is InChI=1S/C10H17N3S/c1-8-3-9(5-13(8)2)11-4-10-6-14-7-12-10/h6-9,11H,3-5H2,1-2H3. The zero-order valence-electron chi connectivity index (χ0n) is 8.73. The average Bonchev–Trinajstić information content (AvgIpc) is 2.74. The molecule has 4 heteroatoms. The van der Waals surface area contributed by atoms with Gasteiger partial charge in [-0.1, -0.05) is 0 Å². The molecule has 2 unspecified atom stereocenters. The van der Waals surface area contributed by atoms with Gasteiger partial charge in [-0.05, 0) is 20.4 Å². The van der Waals surface area contributed by atoms with Gasteiger partial charge in [0.05, 0.1) is 11.2 Å². The van der Waals surface area contributed by atoms with Crippen LogP contribution in [-0.4, -0.2) is 35.6 Å². The summed E-state index contributed by atoms with van der Waals surface area (Å²) in [4.78, 5) is 6.66. The van der Waals surface area contributed by atoms with E-state index in [1.165, 1.54) is 6.42 Å². The van der Waals surface area contributed by atoms with Gasteiger partial charge in [0.25, 0.3) is 0 Å². The molecule has 2 heterocycles. The van der Waals surface area contributed by atoms with E-state index in [0.29, 0.717) is 12.1 Å². The van der Waals surface area contributed by atoms with Crippen molar-refractivity contribution in [3.8, 4) is 0 Å². The SMILES string of the molecule is CC1CC(NCc2cscn2)CN1C. The van der Waals surface area contributed by atoms with Crippen LogP contribution >= 0.6 is 11.3 Å². The minimum absolute atomic E-state index is 0.636. The normalized spacial score (nSPS) is 28.4. The van der Waals surface area contributed by atoms with E-state index in [9.17, 15) is 0 Å². The van der Waals surface area contributed by atoms with Crippen LogP contribution in [0.2, 0.25) is 0 Å². The number of rotatable bonds is 3. The molecule has 0 radical (unpaired) electrons. The summed E-state index contributed by atoms with van der Waals surface area (Å²) in [7, 11) is 2.19. The van der Waals surface area contributed by atoms with Gasteiger partial charge in [0, 0.05) is 30.6 Å². The van der Waals surface area contributed by atoms with Crippen molar-refractivity contribution in [2.24, 2.45) is 0 Å². The number of thiazole rings is 1. The first-order valence-electron chi connectivity index (χ1n) is 5.06. The maximum Gasteiger partial charge on any atom is 0.0795 e. The van der Waals surface area contributed by atoms with Crippen LogP contribution in [0.4, 0.5) is 0 Å². The summed E-state index contributed by atoms with van der Waals surface area (Å²) >= 11 is 1.66. The van der Waals surface area contributed by atoms with Crippen LogP contribution in [0.25, 0.3) is 0 Å². The molecule has 0 saturated carbocycles. The van der Waals surface area contributed by atoms with Crippen molar-refractivity contribution in [3.05, 3.63) is 16.6 Å². The summed E-state index contributed by atoms with van der Waals surface area (Å²) in [6.45, 7) is 4.35. The molecule has 1 aliphatic heterocycles. The molecule has 0 aliphatic carbocycles. The molecule has 1 aromatic rings. The lowest BCUT2D eigenvalue weighted by Gasteiger charge is -2.12. The second-order valence-corrected chi connectivity index (χ2v) is 4.80. The second kappa shape index (κ2) is 4.38. The van der Waals surface area contributed by atoms with Crippen molar-refractivity contribution < 1.29 is 0 Å². The third-order valence-corrected chi connectivity index (χ3v) is 3.58. The van der Waals surface area contributed by atoms with E-state index in [1.54, 1.807) is 11.3 Å². The Morgan fingerprint density at radius 3 is 3.14 bits per heavy atom. The summed E-state index contributed by atoms with van der Waals surface area (Å²) in [5.74, 6) is 0. The van der Waals surface area contributed by atoms with Crippen LogP contribution in [0.15, 0.2) is 10.9 Å². The van der Waals surface area contributed by atoms with Gasteiger partial charge in [0.1, 0.15) is 0 Å². The van der Waals surface area contributed by atoms with Gasteiger partial charge in [0.15, 0.2) is 0 Å². The molecule has 1 fully saturated rings. The first-order valence-corrected chi connectivity index (χ1v) is 6.00. The maximum absolute atomic E-state index is 4.26. The van der Waals surface area contributed by atoms with E-state index in [1.807, 2.05) is 5.51 Å². The highest BCUT2D eigenvalue weighted by molar-refractivity contribution is 7.07. The molecule has 0 amide bonds. The number of likely N-dealkylation sites (tertiary alicyclic amines) is 1. The Morgan fingerprint density at radius 2 is 2.57 bits per heavy atom. The van der Waals surface area contributed by atoms with E-state index >= 15 is 0 Å². The topological polar surface area (TPSA) is 28.2 Å². The molecule has 1 N–H and O–H groups in total. The smallest absolute Gasteiger partial charge is 0.0795 e. The van der Waals surface area contributed by atoms with E-state index in [2.05, 4.69) is 34.6 Å². The lowest BCUT2D eigenvalue weighted by atomic mass is 10.2. The Bertz CT molecular complexity index is 263. The third kappa shape index (κ3) is 2.32. The van der Waals surface area contributed by atoms with E-state index < -0.39 is 0 Å². The maximum atomic E-state index is 4.26. The second-order valence-electron chi connectivity index (χ2n) is 4.08. The molecular weight excluding hydrogens is 194 g/mol. The summed E-state index contributed by atoms with van der Waals surface area (Å²) in [6.07, 6.45) is 1.25. The number of aromatic nitrogens is 1. The van der Waals surface area contributed by atoms with Crippen molar-refractivity contribution in [2.75, 3.05) is 13.6 Å². The van der Waals surface area contributed by atoms with E-state index in [0.717, 1.165) is 18.8 Å². The lowest BCUT2D eigenvalue weighted by Crippen LogP contribution is -2.31. The van der Waals surface area contributed by atoms with Gasteiger partial charge in [-0.3, -0.25) is 0 Å². The summed E-state index contributed by atoms with van der Waals surface area (Å²) < 4.78 is 0. The molecular formula is C10H17N3S. The monoisotopic (exact) mass is 211 g/mol. The average molecular weight is 211 g/mol. The Hall–Kier alpha value is -0.450. The van der Waals surface area contributed by atoms with Crippen LogP contribution < -0.4 is 5.32 Å². The molecule has 1 aromatic heterocycles. The quantitative estimate of drug-likeness (QED) is 0.817. The zero-order valence-corrected chi connectivity index (χ0v) is 9.55.